The van der Waals surface area contributed by atoms with E-state index in [4.69, 9.17) is 10.00 Å². The van der Waals surface area contributed by atoms with E-state index in [1.54, 1.807) is 17.4 Å². The molecule has 1 aromatic heterocycles. The van der Waals surface area contributed by atoms with Gasteiger partial charge in [-0.25, -0.2) is 4.98 Å². The van der Waals surface area contributed by atoms with E-state index in [-0.39, 0.29) is 17.5 Å². The first-order valence-electron chi connectivity index (χ1n) is 8.41. The molecule has 0 unspecified atom stereocenters. The fourth-order valence-corrected chi connectivity index (χ4v) is 4.70. The molecule has 0 spiro atoms. The number of benzene rings is 2. The number of anilines is 3. The third-order valence-electron chi connectivity index (χ3n) is 3.71. The topological polar surface area (TPSA) is 99.9 Å². The van der Waals surface area contributed by atoms with Gasteiger partial charge in [0.15, 0.2) is 11.6 Å². The molecule has 0 aliphatic heterocycles. The predicted octanol–water partition coefficient (Wildman–Crippen LogP) is 6.67. The summed E-state index contributed by atoms with van der Waals surface area (Å²) in [5, 5.41) is 13.4. The zero-order valence-corrected chi connectivity index (χ0v) is 20.2. The fraction of sp³-hybridized carbons (Fsp3) is 0.0526. The maximum absolute atomic E-state index is 12.7. The molecule has 7 nitrogen and oxygen atoms in total. The number of nitrogens with zero attached hydrogens (tertiary/aromatic N) is 3. The summed E-state index contributed by atoms with van der Waals surface area (Å²) in [5.74, 6) is -2.01. The minimum Gasteiger partial charge on any atom is -0.422 e. The number of nitrogens with one attached hydrogen (secondary N) is 2. The van der Waals surface area contributed by atoms with Crippen LogP contribution in [0.25, 0.3) is 0 Å². The highest BCUT2D eigenvalue weighted by Crippen LogP contribution is 2.39. The zero-order chi connectivity index (χ0) is 23.5. The lowest BCUT2D eigenvalue weighted by Crippen LogP contribution is -2.30. The van der Waals surface area contributed by atoms with Crippen LogP contribution in [-0.4, -0.2) is 22.1 Å². The Kier molecular flexibility index (Phi) is 7.37. The molecular weight excluding hydrogens is 627 g/mol. The number of halogens is 6. The van der Waals surface area contributed by atoms with Gasteiger partial charge in [0.25, 0.3) is 0 Å². The van der Waals surface area contributed by atoms with Crippen LogP contribution in [0.15, 0.2) is 56.0 Å². The van der Waals surface area contributed by atoms with Gasteiger partial charge in [0.2, 0.25) is 0 Å². The van der Waals surface area contributed by atoms with Crippen molar-refractivity contribution in [1.82, 2.24) is 9.97 Å². The molecule has 2 N–H and O–H groups in total. The van der Waals surface area contributed by atoms with Crippen LogP contribution < -0.4 is 15.4 Å². The summed E-state index contributed by atoms with van der Waals surface area (Å²) in [6.07, 6.45) is -4.12. The number of hydrogen-bond donors (Lipinski definition) is 2. The third kappa shape index (κ3) is 5.96. The lowest BCUT2D eigenvalue weighted by Gasteiger charge is -2.15. The summed E-state index contributed by atoms with van der Waals surface area (Å²) >= 11 is 10.0. The van der Waals surface area contributed by atoms with E-state index in [1.807, 2.05) is 6.07 Å². The van der Waals surface area contributed by atoms with E-state index in [2.05, 4.69) is 63.1 Å². The first-order valence-corrected chi connectivity index (χ1v) is 10.8. The van der Waals surface area contributed by atoms with Crippen molar-refractivity contribution in [3.63, 3.8) is 0 Å². The minimum atomic E-state index is -5.10. The molecule has 0 fully saturated rings. The average molecular weight is 636 g/mol. The Morgan fingerprint density at radius 1 is 1.09 bits per heavy atom. The largest absolute Gasteiger partial charge is 0.471 e. The Labute approximate surface area is 204 Å². The fourth-order valence-electron chi connectivity index (χ4n) is 2.28. The molecule has 3 aromatic rings. The second kappa shape index (κ2) is 9.85. The number of alkyl halides is 3. The number of hydrogen-bond acceptors (Lipinski definition) is 6. The number of carbonyl (C=O) groups is 1. The molecule has 1 amide bonds. The maximum atomic E-state index is 12.7. The van der Waals surface area contributed by atoms with E-state index in [0.29, 0.717) is 25.9 Å². The van der Waals surface area contributed by atoms with Crippen molar-refractivity contribution in [1.29, 1.82) is 5.26 Å². The summed E-state index contributed by atoms with van der Waals surface area (Å²) in [7, 11) is 0. The van der Waals surface area contributed by atoms with Crippen LogP contribution >= 0.6 is 47.8 Å². The maximum Gasteiger partial charge on any atom is 0.471 e. The summed E-state index contributed by atoms with van der Waals surface area (Å²) in [5.41, 5.74) is 0.470. The van der Waals surface area contributed by atoms with Crippen molar-refractivity contribution in [3.05, 3.63) is 61.6 Å². The van der Waals surface area contributed by atoms with E-state index in [0.717, 1.165) is 10.7 Å². The smallest absolute Gasteiger partial charge is 0.422 e. The quantitative estimate of drug-likeness (QED) is 0.325. The summed E-state index contributed by atoms with van der Waals surface area (Å²) < 4.78 is 45.7. The third-order valence-corrected chi connectivity index (χ3v) is 5.34. The van der Waals surface area contributed by atoms with Crippen molar-refractivity contribution < 1.29 is 22.7 Å². The summed E-state index contributed by atoms with van der Waals surface area (Å²) in [6.45, 7) is 0. The van der Waals surface area contributed by atoms with Crippen LogP contribution in [0.1, 0.15) is 5.56 Å². The number of ether oxygens (including phenoxy) is 1. The highest BCUT2D eigenvalue weighted by molar-refractivity contribution is 9.11. The second-order valence-corrected chi connectivity index (χ2v) is 8.61. The lowest BCUT2D eigenvalue weighted by molar-refractivity contribution is -0.167. The van der Waals surface area contributed by atoms with Crippen molar-refractivity contribution in [2.45, 2.75) is 6.18 Å². The molecule has 0 aliphatic rings. The normalized spacial score (nSPS) is 10.9. The van der Waals surface area contributed by atoms with Crippen molar-refractivity contribution in [2.24, 2.45) is 0 Å². The van der Waals surface area contributed by atoms with Crippen LogP contribution in [0.3, 0.4) is 0 Å². The zero-order valence-electron chi connectivity index (χ0n) is 15.5. The highest BCUT2D eigenvalue weighted by atomic mass is 79.9. The number of aromatic nitrogens is 2. The van der Waals surface area contributed by atoms with Gasteiger partial charge in [0, 0.05) is 10.2 Å². The van der Waals surface area contributed by atoms with Gasteiger partial charge in [-0.3, -0.25) is 4.79 Å². The Bertz CT molecular complexity index is 1190. The number of rotatable bonds is 5. The number of carbonyl (C=O) groups excluding carboxylic acids is 1. The van der Waals surface area contributed by atoms with Crippen LogP contribution in [0, 0.1) is 11.3 Å². The van der Waals surface area contributed by atoms with Crippen molar-refractivity contribution in [3.8, 4) is 17.8 Å². The Hall–Kier alpha value is -2.69. The van der Waals surface area contributed by atoms with Gasteiger partial charge in [0.05, 0.1) is 26.8 Å². The molecule has 2 aromatic carbocycles. The second-order valence-electron chi connectivity index (χ2n) is 5.98. The van der Waals surface area contributed by atoms with Gasteiger partial charge in [-0.15, -0.1) is 0 Å². The Balaban J connectivity index is 1.97. The van der Waals surface area contributed by atoms with Gasteiger partial charge in [0.1, 0.15) is 5.69 Å². The summed E-state index contributed by atoms with van der Waals surface area (Å²) in [4.78, 5) is 19.4. The molecule has 13 heteroatoms. The predicted molar refractivity (Wildman–Crippen MR) is 121 cm³/mol. The standard InChI is InChI=1S/C19H9Br3F3N5O2/c20-10-5-12(21)15(13(22)6-10)32-18-27-8-14(29-17(31)19(23,24)25)16(30-18)28-11-3-1-9(7-26)2-4-11/h1-6,8H,(H,29,31)(H,27,28,30). The average Bonchev–Trinajstić information content (AvgIpc) is 2.72. The van der Waals surface area contributed by atoms with Gasteiger partial charge >= 0.3 is 18.1 Å². The SMILES string of the molecule is N#Cc1ccc(Nc2nc(Oc3c(Br)cc(Br)cc3Br)ncc2NC(=O)C(F)(F)F)cc1. The van der Waals surface area contributed by atoms with E-state index < -0.39 is 12.1 Å². The Morgan fingerprint density at radius 3 is 2.28 bits per heavy atom. The van der Waals surface area contributed by atoms with E-state index in [1.165, 1.54) is 24.3 Å². The molecule has 0 atom stereocenters. The van der Waals surface area contributed by atoms with Crippen LogP contribution in [-0.2, 0) is 4.79 Å². The molecule has 32 heavy (non-hydrogen) atoms. The van der Waals surface area contributed by atoms with Gasteiger partial charge in [-0.2, -0.15) is 23.4 Å². The van der Waals surface area contributed by atoms with E-state index >= 15 is 0 Å². The van der Waals surface area contributed by atoms with Crippen LogP contribution in [0.2, 0.25) is 0 Å². The molecule has 0 saturated carbocycles. The molecule has 164 valence electrons. The molecule has 0 bridgehead atoms. The van der Waals surface area contributed by atoms with Gasteiger partial charge in [-0.1, -0.05) is 15.9 Å². The number of nitriles is 1. The highest BCUT2D eigenvalue weighted by Gasteiger charge is 2.39. The monoisotopic (exact) mass is 633 g/mol. The lowest BCUT2D eigenvalue weighted by atomic mass is 10.2. The first-order chi connectivity index (χ1) is 15.1. The molecule has 0 radical (unpaired) electrons. The Morgan fingerprint density at radius 2 is 1.72 bits per heavy atom. The van der Waals surface area contributed by atoms with Crippen LogP contribution in [0.5, 0.6) is 11.8 Å². The summed E-state index contributed by atoms with van der Waals surface area (Å²) in [6, 6.07) is 11.3. The van der Waals surface area contributed by atoms with Crippen LogP contribution in [0.4, 0.5) is 30.4 Å². The first kappa shape index (κ1) is 24.0. The van der Waals surface area contributed by atoms with Gasteiger partial charge < -0.3 is 15.4 Å². The minimum absolute atomic E-state index is 0.151. The molecule has 0 saturated heterocycles. The molecule has 1 heterocycles. The number of amides is 1. The van der Waals surface area contributed by atoms with Crippen molar-refractivity contribution in [2.75, 3.05) is 10.6 Å². The van der Waals surface area contributed by atoms with Crippen molar-refractivity contribution >= 4 is 70.9 Å². The molecule has 0 aliphatic carbocycles. The molecule has 3 rings (SSSR count). The molecular formula is C19H9Br3F3N5O2. The van der Waals surface area contributed by atoms with Gasteiger partial charge in [-0.05, 0) is 68.3 Å². The van der Waals surface area contributed by atoms with E-state index in [9.17, 15) is 18.0 Å².